The van der Waals surface area contributed by atoms with Crippen molar-refractivity contribution in [3.63, 3.8) is 0 Å². The van der Waals surface area contributed by atoms with Crippen LogP contribution >= 0.6 is 0 Å². The second kappa shape index (κ2) is 8.78. The van der Waals surface area contributed by atoms with Crippen molar-refractivity contribution in [3.8, 4) is 11.5 Å². The van der Waals surface area contributed by atoms with Crippen LogP contribution in [0.25, 0.3) is 0 Å². The number of allylic oxidation sites excluding steroid dienone is 2. The number of aromatic hydroxyl groups is 1. The fourth-order valence-corrected chi connectivity index (χ4v) is 7.73. The third-order valence-electron chi connectivity index (χ3n) is 9.51. The zero-order chi connectivity index (χ0) is 28.7. The summed E-state index contributed by atoms with van der Waals surface area (Å²) >= 11 is 0. The van der Waals surface area contributed by atoms with Crippen LogP contribution in [0.2, 0.25) is 0 Å². The summed E-state index contributed by atoms with van der Waals surface area (Å²) in [6, 6.07) is 13.7. The van der Waals surface area contributed by atoms with Gasteiger partial charge in [-0.2, -0.15) is 0 Å². The molecule has 2 aromatic rings. The van der Waals surface area contributed by atoms with E-state index in [-0.39, 0.29) is 35.8 Å². The Bertz CT molecular complexity index is 1470. The second-order valence-electron chi connectivity index (χ2n) is 12.6. The average Bonchev–Trinajstić information content (AvgIpc) is 3.29. The highest BCUT2D eigenvalue weighted by Gasteiger charge is 2.68. The molecule has 1 N–H and O–H groups in total. The number of fused-ring (bicyclic) bond motifs is 4. The number of hydrogen-bond acceptors (Lipinski definition) is 6. The topological polar surface area (TPSA) is 104 Å². The van der Waals surface area contributed by atoms with Crippen molar-refractivity contribution >= 4 is 29.3 Å². The minimum absolute atomic E-state index is 0.0157. The van der Waals surface area contributed by atoms with Gasteiger partial charge in [0.15, 0.2) is 0 Å². The fraction of sp³-hybridized carbons (Fsp3) is 0.438. The van der Waals surface area contributed by atoms with Crippen molar-refractivity contribution < 1.29 is 29.0 Å². The summed E-state index contributed by atoms with van der Waals surface area (Å²) in [5.41, 5.74) is -0.106. The molecule has 0 aromatic heterocycles. The van der Waals surface area contributed by atoms with Crippen molar-refractivity contribution in [2.24, 2.45) is 29.1 Å². The van der Waals surface area contributed by atoms with Crippen molar-refractivity contribution in [1.29, 1.82) is 0 Å². The van der Waals surface area contributed by atoms with E-state index in [1.165, 1.54) is 23.0 Å². The van der Waals surface area contributed by atoms with Crippen LogP contribution in [-0.2, 0) is 19.2 Å². The van der Waals surface area contributed by atoms with Crippen molar-refractivity contribution in [2.45, 2.75) is 52.0 Å². The lowest BCUT2D eigenvalue weighted by molar-refractivity contribution is -0.145. The molecule has 6 rings (SSSR count). The van der Waals surface area contributed by atoms with E-state index in [2.05, 4.69) is 0 Å². The zero-order valence-electron chi connectivity index (χ0n) is 23.4. The normalized spacial score (nSPS) is 31.6. The van der Waals surface area contributed by atoms with Crippen LogP contribution in [0.5, 0.6) is 11.5 Å². The van der Waals surface area contributed by atoms with E-state index in [4.69, 9.17) is 4.74 Å². The zero-order valence-corrected chi connectivity index (χ0v) is 23.4. The number of methoxy groups -OCH3 is 1. The summed E-state index contributed by atoms with van der Waals surface area (Å²) in [6.07, 6.45) is 2.62. The van der Waals surface area contributed by atoms with Crippen molar-refractivity contribution in [2.75, 3.05) is 12.0 Å². The molecular formula is C32H34N2O6. The second-order valence-corrected chi connectivity index (χ2v) is 12.6. The van der Waals surface area contributed by atoms with Gasteiger partial charge in [-0.1, -0.05) is 29.8 Å². The lowest BCUT2D eigenvalue weighted by Gasteiger charge is -2.49. The van der Waals surface area contributed by atoms with Gasteiger partial charge in [0, 0.05) is 17.0 Å². The average molecular weight is 543 g/mol. The van der Waals surface area contributed by atoms with Gasteiger partial charge in [-0.25, -0.2) is 4.90 Å². The number of likely N-dealkylation sites (tertiary alicyclic amines) is 1. The van der Waals surface area contributed by atoms with Gasteiger partial charge >= 0.3 is 0 Å². The number of nitrogens with zero attached hydrogens (tertiary/aromatic N) is 2. The van der Waals surface area contributed by atoms with E-state index >= 15 is 0 Å². The Morgan fingerprint density at radius 2 is 1.65 bits per heavy atom. The van der Waals surface area contributed by atoms with Gasteiger partial charge in [-0.3, -0.25) is 24.1 Å². The third-order valence-corrected chi connectivity index (χ3v) is 9.51. The number of benzene rings is 2. The van der Waals surface area contributed by atoms with Crippen LogP contribution in [0.3, 0.4) is 0 Å². The number of para-hydroxylation sites is 1. The van der Waals surface area contributed by atoms with E-state index in [1.54, 1.807) is 43.3 Å². The molecule has 40 heavy (non-hydrogen) atoms. The minimum atomic E-state index is -1.22. The largest absolute Gasteiger partial charge is 0.508 e. The molecule has 8 heteroatoms. The highest BCUT2D eigenvalue weighted by Crippen LogP contribution is 2.64. The quantitative estimate of drug-likeness (QED) is 0.455. The molecule has 2 heterocycles. The summed E-state index contributed by atoms with van der Waals surface area (Å²) < 4.78 is 5.47. The molecule has 2 aromatic carbocycles. The number of carbonyl (C=O) groups is 4. The third kappa shape index (κ3) is 3.44. The molecule has 1 saturated carbocycles. The molecule has 0 bridgehead atoms. The van der Waals surface area contributed by atoms with E-state index in [1.807, 2.05) is 32.9 Å². The minimum Gasteiger partial charge on any atom is -0.508 e. The molecule has 4 amide bonds. The van der Waals surface area contributed by atoms with E-state index in [9.17, 15) is 24.3 Å². The smallest absolute Gasteiger partial charge is 0.241 e. The first-order valence-electron chi connectivity index (χ1n) is 13.8. The summed E-state index contributed by atoms with van der Waals surface area (Å²) in [5, 5.41) is 11.2. The van der Waals surface area contributed by atoms with Crippen LogP contribution in [-0.4, -0.2) is 46.3 Å². The molecule has 0 spiro atoms. The van der Waals surface area contributed by atoms with Crippen LogP contribution < -0.4 is 9.64 Å². The first-order chi connectivity index (χ1) is 18.9. The SMILES string of the molecule is COc1ccc(O)c(C2C3=CCC4C(=O)N(C(C)(C)C)C(=O)C4C3CC3C(=O)N(c4ccccc4)C(=O)C32C)c1. The molecule has 6 atom stereocenters. The number of hydrogen-bond donors (Lipinski definition) is 1. The first-order valence-corrected chi connectivity index (χ1v) is 13.8. The molecule has 8 nitrogen and oxygen atoms in total. The Hall–Kier alpha value is -3.94. The lowest BCUT2D eigenvalue weighted by Crippen LogP contribution is -2.49. The molecule has 4 aliphatic rings. The number of imide groups is 2. The summed E-state index contributed by atoms with van der Waals surface area (Å²) in [4.78, 5) is 58.5. The number of carbonyl (C=O) groups excluding carboxylic acids is 4. The van der Waals surface area contributed by atoms with Crippen LogP contribution in [0.15, 0.2) is 60.2 Å². The maximum Gasteiger partial charge on any atom is 0.241 e. The number of ether oxygens (including phenoxy) is 1. The van der Waals surface area contributed by atoms with Gasteiger partial charge in [0.05, 0.1) is 36.0 Å². The molecule has 2 aliphatic heterocycles. The van der Waals surface area contributed by atoms with Crippen LogP contribution in [0, 0.1) is 29.1 Å². The Morgan fingerprint density at radius 1 is 0.950 bits per heavy atom. The number of amides is 4. The summed E-state index contributed by atoms with van der Waals surface area (Å²) in [7, 11) is 1.53. The standard InChI is InChI=1S/C32H34N2O6/c1-31(2,3)34-27(36)20-13-12-19-21(25(20)29(34)38)16-23-28(37)33(17-9-7-6-8-10-17)30(39)32(23,4)26(19)22-15-18(40-5)11-14-24(22)35/h6-12,14-15,20-21,23,25-26,35H,13,16H2,1-5H3. The highest BCUT2D eigenvalue weighted by atomic mass is 16.5. The van der Waals surface area contributed by atoms with E-state index in [0.717, 1.165) is 5.57 Å². The number of phenolic OH excluding ortho intramolecular Hbond substituents is 1. The summed E-state index contributed by atoms with van der Waals surface area (Å²) in [5.74, 6) is -3.59. The summed E-state index contributed by atoms with van der Waals surface area (Å²) in [6.45, 7) is 7.35. The molecule has 2 saturated heterocycles. The van der Waals surface area contributed by atoms with Crippen molar-refractivity contribution in [3.05, 3.63) is 65.7 Å². The highest BCUT2D eigenvalue weighted by molar-refractivity contribution is 6.24. The lowest BCUT2D eigenvalue weighted by atomic mass is 9.51. The monoisotopic (exact) mass is 542 g/mol. The maximum atomic E-state index is 14.4. The predicted molar refractivity (Wildman–Crippen MR) is 147 cm³/mol. The van der Waals surface area contributed by atoms with Gasteiger partial charge in [0.2, 0.25) is 23.6 Å². The van der Waals surface area contributed by atoms with Gasteiger partial charge in [0.25, 0.3) is 0 Å². The Balaban J connectivity index is 1.55. The van der Waals surface area contributed by atoms with E-state index < -0.39 is 40.5 Å². The maximum absolute atomic E-state index is 14.4. The predicted octanol–water partition coefficient (Wildman–Crippen LogP) is 4.43. The fourth-order valence-electron chi connectivity index (χ4n) is 7.73. The van der Waals surface area contributed by atoms with Gasteiger partial charge in [-0.15, -0.1) is 0 Å². The molecule has 2 aliphatic carbocycles. The van der Waals surface area contributed by atoms with E-state index in [0.29, 0.717) is 23.4 Å². The number of phenols is 1. The van der Waals surface area contributed by atoms with Crippen LogP contribution in [0.1, 0.15) is 52.0 Å². The van der Waals surface area contributed by atoms with Gasteiger partial charge < -0.3 is 9.84 Å². The van der Waals surface area contributed by atoms with Crippen LogP contribution in [0.4, 0.5) is 5.69 Å². The molecule has 6 unspecified atom stereocenters. The number of anilines is 1. The molecule has 208 valence electrons. The molecular weight excluding hydrogens is 508 g/mol. The molecule has 0 radical (unpaired) electrons. The Morgan fingerprint density at radius 3 is 2.30 bits per heavy atom. The molecule has 3 fully saturated rings. The van der Waals surface area contributed by atoms with Crippen molar-refractivity contribution in [1.82, 2.24) is 4.90 Å². The van der Waals surface area contributed by atoms with Gasteiger partial charge in [0.1, 0.15) is 11.5 Å². The first kappa shape index (κ1) is 26.3. The van der Waals surface area contributed by atoms with Gasteiger partial charge in [-0.05, 0) is 76.8 Å². The number of rotatable bonds is 3. The Kier molecular flexibility index (Phi) is 5.77. The Labute approximate surface area is 233 Å².